The quantitative estimate of drug-likeness (QED) is 0.897. The highest BCUT2D eigenvalue weighted by molar-refractivity contribution is 6.29. The summed E-state index contributed by atoms with van der Waals surface area (Å²) in [7, 11) is 0. The van der Waals surface area contributed by atoms with Crippen molar-refractivity contribution in [2.24, 2.45) is 5.73 Å². The van der Waals surface area contributed by atoms with Crippen LogP contribution in [0.3, 0.4) is 0 Å². The highest BCUT2D eigenvalue weighted by Gasteiger charge is 2.12. The molecule has 1 aromatic carbocycles. The van der Waals surface area contributed by atoms with Gasteiger partial charge in [-0.05, 0) is 24.3 Å². The molecule has 0 unspecified atom stereocenters. The molecule has 6 nitrogen and oxygen atoms in total. The number of nitrogens with two attached hydrogens (primary N) is 1. The van der Waals surface area contributed by atoms with Crippen molar-refractivity contribution in [2.45, 2.75) is 6.54 Å². The van der Waals surface area contributed by atoms with Crippen LogP contribution in [-0.4, -0.2) is 16.1 Å². The zero-order valence-electron chi connectivity index (χ0n) is 10.6. The third-order valence-corrected chi connectivity index (χ3v) is 2.84. The number of benzene rings is 1. The van der Waals surface area contributed by atoms with Crippen molar-refractivity contribution in [1.29, 1.82) is 5.26 Å². The van der Waals surface area contributed by atoms with Crippen LogP contribution in [0.25, 0.3) is 0 Å². The third kappa shape index (κ3) is 3.43. The summed E-state index contributed by atoms with van der Waals surface area (Å²) >= 11 is 5.64. The summed E-state index contributed by atoms with van der Waals surface area (Å²) in [6.07, 6.45) is 0. The standard InChI is InChI=1S/C13H9ClFN5O/c14-11-4-9(12(17)21)13(20-19-11)18-6-8-3-7(5-16)1-2-10(8)15/h1-4H,6H2,(H2,17,21)(H,18,20). The molecule has 0 bridgehead atoms. The maximum Gasteiger partial charge on any atom is 0.252 e. The third-order valence-electron chi connectivity index (χ3n) is 2.65. The predicted octanol–water partition coefficient (Wildman–Crippen LogP) is 1.85. The molecule has 0 saturated carbocycles. The number of nitrogens with zero attached hydrogens (tertiary/aromatic N) is 3. The van der Waals surface area contributed by atoms with Crippen molar-refractivity contribution < 1.29 is 9.18 Å². The second kappa shape index (κ2) is 6.15. The molecule has 0 radical (unpaired) electrons. The number of halogens is 2. The molecule has 1 amide bonds. The Labute approximate surface area is 124 Å². The number of anilines is 1. The molecule has 0 aliphatic carbocycles. The van der Waals surface area contributed by atoms with E-state index in [4.69, 9.17) is 22.6 Å². The van der Waals surface area contributed by atoms with Crippen molar-refractivity contribution in [3.05, 3.63) is 51.9 Å². The van der Waals surface area contributed by atoms with Gasteiger partial charge in [0.1, 0.15) is 5.82 Å². The molecule has 0 spiro atoms. The second-order valence-corrected chi connectivity index (χ2v) is 4.45. The van der Waals surface area contributed by atoms with Crippen LogP contribution in [0, 0.1) is 17.1 Å². The van der Waals surface area contributed by atoms with E-state index in [2.05, 4.69) is 15.5 Å². The van der Waals surface area contributed by atoms with Gasteiger partial charge in [-0.15, -0.1) is 10.2 Å². The normalized spacial score (nSPS) is 9.95. The van der Waals surface area contributed by atoms with Crippen LogP contribution in [0.4, 0.5) is 10.2 Å². The highest BCUT2D eigenvalue weighted by Crippen LogP contribution is 2.17. The molecular formula is C13H9ClFN5O. The van der Waals surface area contributed by atoms with Crippen molar-refractivity contribution >= 4 is 23.3 Å². The first kappa shape index (κ1) is 14.7. The number of amides is 1. The predicted molar refractivity (Wildman–Crippen MR) is 74.0 cm³/mol. The van der Waals surface area contributed by atoms with E-state index in [9.17, 15) is 9.18 Å². The summed E-state index contributed by atoms with van der Waals surface area (Å²) in [6.45, 7) is 0.0119. The Hall–Kier alpha value is -2.72. The minimum absolute atomic E-state index is 0.0119. The van der Waals surface area contributed by atoms with E-state index < -0.39 is 11.7 Å². The number of primary amides is 1. The fourth-order valence-corrected chi connectivity index (χ4v) is 1.79. The molecule has 2 aromatic rings. The van der Waals surface area contributed by atoms with Crippen molar-refractivity contribution in [3.63, 3.8) is 0 Å². The van der Waals surface area contributed by atoms with Gasteiger partial charge < -0.3 is 11.1 Å². The minimum atomic E-state index is -0.736. The van der Waals surface area contributed by atoms with Gasteiger partial charge in [0.2, 0.25) is 0 Å². The monoisotopic (exact) mass is 305 g/mol. The zero-order valence-corrected chi connectivity index (χ0v) is 11.4. The Morgan fingerprint density at radius 1 is 1.43 bits per heavy atom. The van der Waals surface area contributed by atoms with Gasteiger partial charge >= 0.3 is 0 Å². The Morgan fingerprint density at radius 2 is 2.19 bits per heavy atom. The van der Waals surface area contributed by atoms with Gasteiger partial charge in [0.25, 0.3) is 5.91 Å². The summed E-state index contributed by atoms with van der Waals surface area (Å²) in [5.41, 5.74) is 5.83. The molecule has 0 aliphatic heterocycles. The number of rotatable bonds is 4. The van der Waals surface area contributed by atoms with Crippen LogP contribution in [0.1, 0.15) is 21.5 Å². The molecule has 2 rings (SSSR count). The molecule has 1 heterocycles. The van der Waals surface area contributed by atoms with Crippen LogP contribution < -0.4 is 11.1 Å². The Balaban J connectivity index is 2.25. The van der Waals surface area contributed by atoms with Crippen LogP contribution in [0.5, 0.6) is 0 Å². The van der Waals surface area contributed by atoms with E-state index in [1.54, 1.807) is 0 Å². The molecule has 8 heteroatoms. The SMILES string of the molecule is N#Cc1ccc(F)c(CNc2nnc(Cl)cc2C(N)=O)c1. The van der Waals surface area contributed by atoms with Crippen molar-refractivity contribution in [2.75, 3.05) is 5.32 Å². The Bertz CT molecular complexity index is 744. The molecule has 0 atom stereocenters. The number of nitriles is 1. The molecule has 0 saturated heterocycles. The first-order valence-electron chi connectivity index (χ1n) is 5.76. The highest BCUT2D eigenvalue weighted by atomic mass is 35.5. The van der Waals surface area contributed by atoms with E-state index in [-0.39, 0.29) is 28.6 Å². The smallest absolute Gasteiger partial charge is 0.252 e. The Morgan fingerprint density at radius 3 is 2.86 bits per heavy atom. The number of hydrogen-bond donors (Lipinski definition) is 2. The van der Waals surface area contributed by atoms with Crippen molar-refractivity contribution in [3.8, 4) is 6.07 Å². The Kier molecular flexibility index (Phi) is 4.30. The topological polar surface area (TPSA) is 105 Å². The maximum absolute atomic E-state index is 13.6. The summed E-state index contributed by atoms with van der Waals surface area (Å²) in [6, 6.07) is 7.14. The summed E-state index contributed by atoms with van der Waals surface area (Å²) < 4.78 is 13.6. The molecule has 0 fully saturated rings. The minimum Gasteiger partial charge on any atom is -0.365 e. The van der Waals surface area contributed by atoms with E-state index in [1.165, 1.54) is 24.3 Å². The molecular weight excluding hydrogens is 297 g/mol. The van der Waals surface area contributed by atoms with Crippen LogP contribution >= 0.6 is 11.6 Å². The second-order valence-electron chi connectivity index (χ2n) is 4.07. The van der Waals surface area contributed by atoms with Gasteiger partial charge in [0.05, 0.1) is 17.2 Å². The van der Waals surface area contributed by atoms with Crippen molar-refractivity contribution in [1.82, 2.24) is 10.2 Å². The zero-order chi connectivity index (χ0) is 15.4. The fraction of sp³-hybridized carbons (Fsp3) is 0.0769. The largest absolute Gasteiger partial charge is 0.365 e. The molecule has 0 aliphatic rings. The lowest BCUT2D eigenvalue weighted by Gasteiger charge is -2.09. The first-order chi connectivity index (χ1) is 10.0. The maximum atomic E-state index is 13.6. The van der Waals surface area contributed by atoms with E-state index in [0.717, 1.165) is 0 Å². The van der Waals surface area contributed by atoms with E-state index in [0.29, 0.717) is 5.56 Å². The molecule has 1 aromatic heterocycles. The van der Waals surface area contributed by atoms with Gasteiger partial charge in [0.15, 0.2) is 11.0 Å². The molecule has 3 N–H and O–H groups in total. The summed E-state index contributed by atoms with van der Waals surface area (Å²) in [5, 5.41) is 18.9. The number of aromatic nitrogens is 2. The van der Waals surface area contributed by atoms with E-state index >= 15 is 0 Å². The van der Waals surface area contributed by atoms with Gasteiger partial charge in [-0.3, -0.25) is 4.79 Å². The summed E-state index contributed by atoms with van der Waals surface area (Å²) in [5.74, 6) is -1.13. The number of carbonyl (C=O) groups excluding carboxylic acids is 1. The van der Waals surface area contributed by atoms with Gasteiger partial charge in [0, 0.05) is 12.1 Å². The average molecular weight is 306 g/mol. The van der Waals surface area contributed by atoms with Crippen LogP contribution in [0.15, 0.2) is 24.3 Å². The fourth-order valence-electron chi connectivity index (χ4n) is 1.65. The lowest BCUT2D eigenvalue weighted by molar-refractivity contribution is 0.100. The number of hydrogen-bond acceptors (Lipinski definition) is 5. The van der Waals surface area contributed by atoms with Gasteiger partial charge in [-0.25, -0.2) is 4.39 Å². The van der Waals surface area contributed by atoms with Gasteiger partial charge in [-0.1, -0.05) is 11.6 Å². The van der Waals surface area contributed by atoms with Crippen LogP contribution in [0.2, 0.25) is 5.15 Å². The number of carbonyl (C=O) groups is 1. The van der Waals surface area contributed by atoms with Gasteiger partial charge in [-0.2, -0.15) is 5.26 Å². The van der Waals surface area contributed by atoms with Crippen LogP contribution in [-0.2, 0) is 6.54 Å². The average Bonchev–Trinajstić information content (AvgIpc) is 2.47. The molecule has 21 heavy (non-hydrogen) atoms. The lowest BCUT2D eigenvalue weighted by atomic mass is 10.1. The number of nitrogens with one attached hydrogen (secondary N) is 1. The lowest BCUT2D eigenvalue weighted by Crippen LogP contribution is -2.16. The molecule has 106 valence electrons. The van der Waals surface area contributed by atoms with E-state index in [1.807, 2.05) is 6.07 Å². The summed E-state index contributed by atoms with van der Waals surface area (Å²) in [4.78, 5) is 11.3. The first-order valence-corrected chi connectivity index (χ1v) is 6.14.